The summed E-state index contributed by atoms with van der Waals surface area (Å²) < 4.78 is 26.9. The van der Waals surface area contributed by atoms with Crippen molar-refractivity contribution in [3.05, 3.63) is 57.9 Å². The van der Waals surface area contributed by atoms with Crippen molar-refractivity contribution < 1.29 is 23.4 Å². The van der Waals surface area contributed by atoms with Gasteiger partial charge in [0.2, 0.25) is 5.75 Å². The van der Waals surface area contributed by atoms with E-state index in [4.69, 9.17) is 23.4 Å². The number of hydrogen-bond acceptors (Lipinski definition) is 6. The number of methoxy groups -OCH3 is 4. The molecule has 0 spiro atoms. The Labute approximate surface area is 156 Å². The fourth-order valence-corrected chi connectivity index (χ4v) is 2.74. The highest BCUT2D eigenvalue weighted by Gasteiger charge is 2.12. The normalized spacial score (nSPS) is 11.0. The quantitative estimate of drug-likeness (QED) is 0.655. The van der Waals surface area contributed by atoms with Gasteiger partial charge in [-0.1, -0.05) is 6.08 Å². The van der Waals surface area contributed by atoms with Crippen molar-refractivity contribution >= 4 is 23.1 Å². The summed E-state index contributed by atoms with van der Waals surface area (Å²) in [6.07, 6.45) is 3.52. The molecule has 6 nitrogen and oxygen atoms in total. The highest BCUT2D eigenvalue weighted by Crippen LogP contribution is 2.38. The van der Waals surface area contributed by atoms with E-state index in [-0.39, 0.29) is 5.43 Å². The first-order valence-corrected chi connectivity index (χ1v) is 8.19. The summed E-state index contributed by atoms with van der Waals surface area (Å²) in [6.45, 7) is 0. The third-order valence-corrected chi connectivity index (χ3v) is 4.08. The molecule has 2 aromatic carbocycles. The van der Waals surface area contributed by atoms with Crippen LogP contribution in [0.2, 0.25) is 0 Å². The maximum Gasteiger partial charge on any atom is 0.203 e. The molecule has 140 valence electrons. The molecular weight excluding hydrogens is 348 g/mol. The minimum absolute atomic E-state index is 0.139. The molecule has 0 radical (unpaired) electrons. The molecule has 3 rings (SSSR count). The van der Waals surface area contributed by atoms with Crippen LogP contribution in [0.25, 0.3) is 23.1 Å². The van der Waals surface area contributed by atoms with Crippen molar-refractivity contribution in [3.8, 4) is 23.0 Å². The van der Waals surface area contributed by atoms with Crippen LogP contribution >= 0.6 is 0 Å². The van der Waals surface area contributed by atoms with Crippen LogP contribution in [0.1, 0.15) is 11.3 Å². The van der Waals surface area contributed by atoms with Crippen LogP contribution in [-0.4, -0.2) is 28.4 Å². The molecule has 0 unspecified atom stereocenters. The van der Waals surface area contributed by atoms with Crippen molar-refractivity contribution in [1.82, 2.24) is 0 Å². The highest BCUT2D eigenvalue weighted by molar-refractivity contribution is 5.80. The lowest BCUT2D eigenvalue weighted by atomic mass is 10.1. The predicted octanol–water partition coefficient (Wildman–Crippen LogP) is 4.00. The first-order chi connectivity index (χ1) is 13.1. The Morgan fingerprint density at radius 3 is 2.11 bits per heavy atom. The van der Waals surface area contributed by atoms with E-state index < -0.39 is 0 Å². The summed E-state index contributed by atoms with van der Waals surface area (Å²) in [6, 6.07) is 10.2. The fraction of sp³-hybridized carbons (Fsp3) is 0.190. The Balaban J connectivity index is 2.00. The van der Waals surface area contributed by atoms with E-state index in [0.717, 1.165) is 5.56 Å². The molecule has 27 heavy (non-hydrogen) atoms. The minimum atomic E-state index is -0.139. The van der Waals surface area contributed by atoms with Gasteiger partial charge in [-0.3, -0.25) is 4.79 Å². The smallest absolute Gasteiger partial charge is 0.203 e. The number of ether oxygens (including phenoxy) is 4. The Morgan fingerprint density at radius 1 is 0.815 bits per heavy atom. The molecule has 0 aliphatic rings. The molecule has 0 atom stereocenters. The van der Waals surface area contributed by atoms with Crippen molar-refractivity contribution in [3.63, 3.8) is 0 Å². The molecule has 0 aliphatic heterocycles. The third kappa shape index (κ3) is 3.74. The second kappa shape index (κ2) is 7.86. The topological polar surface area (TPSA) is 67.1 Å². The van der Waals surface area contributed by atoms with Crippen LogP contribution in [0, 0.1) is 0 Å². The van der Waals surface area contributed by atoms with E-state index in [9.17, 15) is 4.79 Å². The lowest BCUT2D eigenvalue weighted by Crippen LogP contribution is -2.00. The van der Waals surface area contributed by atoms with E-state index in [1.165, 1.54) is 6.07 Å². The Bertz CT molecular complexity index is 1020. The highest BCUT2D eigenvalue weighted by atomic mass is 16.5. The molecule has 3 aromatic rings. The molecule has 1 aromatic heterocycles. The average molecular weight is 368 g/mol. The van der Waals surface area contributed by atoms with Crippen LogP contribution in [0.4, 0.5) is 0 Å². The summed E-state index contributed by atoms with van der Waals surface area (Å²) >= 11 is 0. The first-order valence-electron chi connectivity index (χ1n) is 8.19. The van der Waals surface area contributed by atoms with E-state index in [1.807, 2.05) is 12.1 Å². The molecule has 0 bridgehead atoms. The molecule has 1 heterocycles. The lowest BCUT2D eigenvalue weighted by molar-refractivity contribution is 0.324. The van der Waals surface area contributed by atoms with Gasteiger partial charge in [0.15, 0.2) is 16.9 Å². The second-order valence-corrected chi connectivity index (χ2v) is 5.67. The largest absolute Gasteiger partial charge is 0.497 e. The van der Waals surface area contributed by atoms with Crippen LogP contribution < -0.4 is 24.4 Å². The van der Waals surface area contributed by atoms with Crippen LogP contribution in [0.15, 0.2) is 45.6 Å². The van der Waals surface area contributed by atoms with Gasteiger partial charge >= 0.3 is 0 Å². The van der Waals surface area contributed by atoms with Crippen molar-refractivity contribution in [1.29, 1.82) is 0 Å². The number of benzene rings is 2. The lowest BCUT2D eigenvalue weighted by Gasteiger charge is -2.12. The predicted molar refractivity (Wildman–Crippen MR) is 104 cm³/mol. The molecular formula is C21H20O6. The summed E-state index contributed by atoms with van der Waals surface area (Å²) in [4.78, 5) is 12.4. The van der Waals surface area contributed by atoms with Gasteiger partial charge in [0, 0.05) is 6.07 Å². The summed E-state index contributed by atoms with van der Waals surface area (Å²) in [5.41, 5.74) is 1.16. The van der Waals surface area contributed by atoms with Crippen molar-refractivity contribution in [2.75, 3.05) is 28.4 Å². The van der Waals surface area contributed by atoms with Gasteiger partial charge in [-0.25, -0.2) is 0 Å². The Hall–Kier alpha value is -3.41. The summed E-state index contributed by atoms with van der Waals surface area (Å²) in [5, 5.41) is 0.472. The van der Waals surface area contributed by atoms with Crippen molar-refractivity contribution in [2.45, 2.75) is 0 Å². The summed E-state index contributed by atoms with van der Waals surface area (Å²) in [7, 11) is 6.22. The van der Waals surface area contributed by atoms with Gasteiger partial charge < -0.3 is 23.4 Å². The van der Waals surface area contributed by atoms with Crippen LogP contribution in [-0.2, 0) is 0 Å². The van der Waals surface area contributed by atoms with Crippen LogP contribution in [0.5, 0.6) is 23.0 Å². The summed E-state index contributed by atoms with van der Waals surface area (Å²) in [5.74, 6) is 2.65. The SMILES string of the molecule is COc1ccc2oc(/C=C/c3cc(OC)c(OC)c(OC)c3)cc(=O)c2c1. The molecule has 0 amide bonds. The number of fused-ring (bicyclic) bond motifs is 1. The maximum atomic E-state index is 12.4. The molecule has 0 saturated heterocycles. The zero-order valence-electron chi connectivity index (χ0n) is 15.6. The fourth-order valence-electron chi connectivity index (χ4n) is 2.74. The van der Waals surface area contributed by atoms with E-state index in [0.29, 0.717) is 39.7 Å². The maximum absolute atomic E-state index is 12.4. The van der Waals surface area contributed by atoms with E-state index >= 15 is 0 Å². The average Bonchev–Trinajstić information content (AvgIpc) is 2.71. The zero-order chi connectivity index (χ0) is 19.4. The molecule has 0 aliphatic carbocycles. The zero-order valence-corrected chi connectivity index (χ0v) is 15.6. The van der Waals surface area contributed by atoms with Gasteiger partial charge in [0.05, 0.1) is 33.8 Å². The Morgan fingerprint density at radius 2 is 1.52 bits per heavy atom. The monoisotopic (exact) mass is 368 g/mol. The van der Waals surface area contributed by atoms with Gasteiger partial charge in [-0.05, 0) is 42.0 Å². The van der Waals surface area contributed by atoms with E-state index in [2.05, 4.69) is 0 Å². The van der Waals surface area contributed by atoms with Crippen LogP contribution in [0.3, 0.4) is 0 Å². The molecule has 0 N–H and O–H groups in total. The first kappa shape index (κ1) is 18.4. The molecule has 0 fully saturated rings. The Kier molecular flexibility index (Phi) is 5.35. The molecule has 0 saturated carbocycles. The van der Waals surface area contributed by atoms with Crippen molar-refractivity contribution in [2.24, 2.45) is 0 Å². The number of rotatable bonds is 6. The standard InChI is InChI=1S/C21H20O6/c1-23-14-7-8-18-16(11-14)17(22)12-15(27-18)6-5-13-9-19(24-2)21(26-4)20(10-13)25-3/h5-12H,1-4H3/b6-5+. The minimum Gasteiger partial charge on any atom is -0.497 e. The van der Waals surface area contributed by atoms with Gasteiger partial charge in [-0.2, -0.15) is 0 Å². The molecule has 6 heteroatoms. The third-order valence-electron chi connectivity index (χ3n) is 4.08. The van der Waals surface area contributed by atoms with Gasteiger partial charge in [0.25, 0.3) is 0 Å². The van der Waals surface area contributed by atoms with Gasteiger partial charge in [-0.15, -0.1) is 0 Å². The number of hydrogen-bond donors (Lipinski definition) is 0. The van der Waals surface area contributed by atoms with E-state index in [1.54, 1.807) is 58.8 Å². The van der Waals surface area contributed by atoms with Gasteiger partial charge in [0.1, 0.15) is 17.1 Å². The second-order valence-electron chi connectivity index (χ2n) is 5.67.